The van der Waals surface area contributed by atoms with E-state index in [0.29, 0.717) is 12.4 Å². The van der Waals surface area contributed by atoms with Gasteiger partial charge in [-0.2, -0.15) is 0 Å². The molecule has 0 unspecified atom stereocenters. The highest BCUT2D eigenvalue weighted by atomic mass is 16.1. The Balaban J connectivity index is 1.60. The lowest BCUT2D eigenvalue weighted by atomic mass is 9.89. The Morgan fingerprint density at radius 3 is 2.95 bits per heavy atom. The Morgan fingerprint density at radius 1 is 1.32 bits per heavy atom. The van der Waals surface area contributed by atoms with Gasteiger partial charge in [-0.1, -0.05) is 19.3 Å². The molecule has 3 rings (SSSR count). The number of anilines is 1. The molecule has 1 N–H and O–H groups in total. The summed E-state index contributed by atoms with van der Waals surface area (Å²) in [5.74, 6) is 1.57. The number of hydrogen-bond acceptors (Lipinski definition) is 3. The van der Waals surface area contributed by atoms with Crippen molar-refractivity contribution in [3.05, 3.63) is 11.9 Å². The van der Waals surface area contributed by atoms with Crippen molar-refractivity contribution in [3.63, 3.8) is 0 Å². The SMILES string of the molecule is O=CNc1ncc2n1CCN(CC1CCCCC1)C2. The van der Waals surface area contributed by atoms with Gasteiger partial charge in [0.25, 0.3) is 0 Å². The fourth-order valence-electron chi connectivity index (χ4n) is 3.39. The van der Waals surface area contributed by atoms with Crippen molar-refractivity contribution in [2.24, 2.45) is 5.92 Å². The molecular formula is C14H22N4O. The summed E-state index contributed by atoms with van der Waals surface area (Å²) in [5, 5.41) is 2.66. The van der Waals surface area contributed by atoms with E-state index < -0.39 is 0 Å². The molecule has 1 fully saturated rings. The monoisotopic (exact) mass is 262 g/mol. The number of rotatable bonds is 4. The van der Waals surface area contributed by atoms with Crippen LogP contribution in [0.15, 0.2) is 6.20 Å². The van der Waals surface area contributed by atoms with E-state index in [1.165, 1.54) is 44.3 Å². The first-order chi connectivity index (χ1) is 9.36. The average molecular weight is 262 g/mol. The summed E-state index contributed by atoms with van der Waals surface area (Å²) in [7, 11) is 0. The minimum absolute atomic E-state index is 0.683. The lowest BCUT2D eigenvalue weighted by Gasteiger charge is -2.33. The van der Waals surface area contributed by atoms with Crippen molar-refractivity contribution in [3.8, 4) is 0 Å². The highest BCUT2D eigenvalue weighted by molar-refractivity contribution is 5.67. The first-order valence-corrected chi connectivity index (χ1v) is 7.34. The van der Waals surface area contributed by atoms with Crippen LogP contribution in [0.25, 0.3) is 0 Å². The molecule has 104 valence electrons. The van der Waals surface area contributed by atoms with E-state index >= 15 is 0 Å². The molecule has 1 aromatic heterocycles. The third-order valence-electron chi connectivity index (χ3n) is 4.39. The maximum Gasteiger partial charge on any atom is 0.213 e. The fraction of sp³-hybridized carbons (Fsp3) is 0.714. The second-order valence-corrected chi connectivity index (χ2v) is 5.73. The molecule has 2 heterocycles. The Labute approximate surface area is 114 Å². The molecule has 0 radical (unpaired) electrons. The third kappa shape index (κ3) is 2.81. The van der Waals surface area contributed by atoms with E-state index in [2.05, 4.69) is 19.8 Å². The Kier molecular flexibility index (Phi) is 3.82. The van der Waals surface area contributed by atoms with E-state index in [1.807, 2.05) is 6.20 Å². The van der Waals surface area contributed by atoms with E-state index in [0.717, 1.165) is 25.6 Å². The van der Waals surface area contributed by atoms with Crippen LogP contribution in [0.1, 0.15) is 37.8 Å². The first kappa shape index (κ1) is 12.7. The molecular weight excluding hydrogens is 240 g/mol. The van der Waals surface area contributed by atoms with Gasteiger partial charge < -0.3 is 4.57 Å². The summed E-state index contributed by atoms with van der Waals surface area (Å²) in [5.41, 5.74) is 1.21. The molecule has 0 spiro atoms. The van der Waals surface area contributed by atoms with E-state index in [1.54, 1.807) is 0 Å². The predicted octanol–water partition coefficient (Wildman–Crippen LogP) is 1.85. The molecule has 1 aliphatic carbocycles. The van der Waals surface area contributed by atoms with Gasteiger partial charge in [0.05, 0.1) is 11.9 Å². The summed E-state index contributed by atoms with van der Waals surface area (Å²) in [6.07, 6.45) is 9.61. The third-order valence-corrected chi connectivity index (χ3v) is 4.39. The second-order valence-electron chi connectivity index (χ2n) is 5.73. The van der Waals surface area contributed by atoms with Gasteiger partial charge in [-0.3, -0.25) is 15.0 Å². The molecule has 0 atom stereocenters. The standard InChI is InChI=1S/C14H22N4O/c19-11-16-14-15-8-13-10-17(6-7-18(13)14)9-12-4-2-1-3-5-12/h8,11-12H,1-7,9-10H2,(H,15,16,19). The topological polar surface area (TPSA) is 50.2 Å². The number of carbonyl (C=O) groups is 1. The van der Waals surface area contributed by atoms with Crippen molar-refractivity contribution < 1.29 is 4.79 Å². The largest absolute Gasteiger partial charge is 0.312 e. The number of fused-ring (bicyclic) bond motifs is 1. The minimum Gasteiger partial charge on any atom is -0.312 e. The Morgan fingerprint density at radius 2 is 2.16 bits per heavy atom. The van der Waals surface area contributed by atoms with Crippen LogP contribution in [0.5, 0.6) is 0 Å². The van der Waals surface area contributed by atoms with Crippen LogP contribution in [0.2, 0.25) is 0 Å². The Hall–Kier alpha value is -1.36. The summed E-state index contributed by atoms with van der Waals surface area (Å²) in [6.45, 7) is 4.18. The summed E-state index contributed by atoms with van der Waals surface area (Å²) < 4.78 is 2.12. The van der Waals surface area contributed by atoms with E-state index in [9.17, 15) is 4.79 Å². The van der Waals surface area contributed by atoms with Crippen molar-refractivity contribution >= 4 is 12.4 Å². The van der Waals surface area contributed by atoms with Gasteiger partial charge in [-0.05, 0) is 18.8 Å². The average Bonchev–Trinajstić information content (AvgIpc) is 2.83. The molecule has 1 amide bonds. The number of hydrogen-bond donors (Lipinski definition) is 1. The zero-order valence-electron chi connectivity index (χ0n) is 11.3. The van der Waals surface area contributed by atoms with Crippen molar-refractivity contribution in [1.82, 2.24) is 14.5 Å². The number of aromatic nitrogens is 2. The lowest BCUT2D eigenvalue weighted by molar-refractivity contribution is -0.105. The molecule has 2 aliphatic rings. The number of imidazole rings is 1. The number of amides is 1. The van der Waals surface area contributed by atoms with E-state index in [-0.39, 0.29) is 0 Å². The molecule has 0 aromatic carbocycles. The summed E-state index contributed by atoms with van der Waals surface area (Å²) in [4.78, 5) is 17.3. The zero-order chi connectivity index (χ0) is 13.1. The van der Waals surface area contributed by atoms with E-state index in [4.69, 9.17) is 0 Å². The predicted molar refractivity (Wildman–Crippen MR) is 73.8 cm³/mol. The molecule has 1 aliphatic heterocycles. The maximum absolute atomic E-state index is 10.5. The second kappa shape index (κ2) is 5.74. The van der Waals surface area contributed by atoms with Crippen LogP contribution in [-0.2, 0) is 17.9 Å². The molecule has 19 heavy (non-hydrogen) atoms. The van der Waals surface area contributed by atoms with Crippen molar-refractivity contribution in [2.75, 3.05) is 18.4 Å². The van der Waals surface area contributed by atoms with Gasteiger partial charge in [0.15, 0.2) is 0 Å². The number of carbonyl (C=O) groups excluding carboxylic acids is 1. The zero-order valence-corrected chi connectivity index (χ0v) is 11.3. The van der Waals surface area contributed by atoms with Crippen LogP contribution in [-0.4, -0.2) is 34.0 Å². The Bertz CT molecular complexity index is 437. The molecule has 0 bridgehead atoms. The molecule has 5 heteroatoms. The summed E-state index contributed by atoms with van der Waals surface area (Å²) >= 11 is 0. The quantitative estimate of drug-likeness (QED) is 0.842. The van der Waals surface area contributed by atoms with Gasteiger partial charge in [0.1, 0.15) is 0 Å². The van der Waals surface area contributed by atoms with Crippen LogP contribution in [0, 0.1) is 5.92 Å². The number of nitrogens with zero attached hydrogens (tertiary/aromatic N) is 3. The van der Waals surface area contributed by atoms with Gasteiger partial charge in [-0.15, -0.1) is 0 Å². The highest BCUT2D eigenvalue weighted by Crippen LogP contribution is 2.26. The van der Waals surface area contributed by atoms with Crippen molar-refractivity contribution in [2.45, 2.75) is 45.2 Å². The van der Waals surface area contributed by atoms with Gasteiger partial charge in [0, 0.05) is 26.2 Å². The molecule has 1 aromatic rings. The first-order valence-electron chi connectivity index (χ1n) is 7.34. The van der Waals surface area contributed by atoms with Gasteiger partial charge in [0.2, 0.25) is 12.4 Å². The van der Waals surface area contributed by atoms with Crippen molar-refractivity contribution in [1.29, 1.82) is 0 Å². The number of nitrogens with one attached hydrogen (secondary N) is 1. The van der Waals surface area contributed by atoms with Crippen LogP contribution < -0.4 is 5.32 Å². The van der Waals surface area contributed by atoms with Gasteiger partial charge in [-0.25, -0.2) is 4.98 Å². The van der Waals surface area contributed by atoms with Crippen LogP contribution in [0.3, 0.4) is 0 Å². The van der Waals surface area contributed by atoms with Crippen LogP contribution >= 0.6 is 0 Å². The van der Waals surface area contributed by atoms with Crippen LogP contribution in [0.4, 0.5) is 5.95 Å². The summed E-state index contributed by atoms with van der Waals surface area (Å²) in [6, 6.07) is 0. The highest BCUT2D eigenvalue weighted by Gasteiger charge is 2.22. The normalized spacial score (nSPS) is 21.1. The van der Waals surface area contributed by atoms with Gasteiger partial charge >= 0.3 is 0 Å². The lowest BCUT2D eigenvalue weighted by Crippen LogP contribution is -2.37. The molecule has 1 saturated carbocycles. The maximum atomic E-state index is 10.5. The smallest absolute Gasteiger partial charge is 0.213 e. The minimum atomic E-state index is 0.683. The molecule has 5 nitrogen and oxygen atoms in total. The fourth-order valence-corrected chi connectivity index (χ4v) is 3.39. The molecule has 0 saturated heterocycles.